The normalized spacial score (nSPS) is 23.1. The van der Waals surface area contributed by atoms with Crippen molar-refractivity contribution in [1.29, 1.82) is 0 Å². The maximum Gasteiger partial charge on any atom is 0.315 e. The van der Waals surface area contributed by atoms with Gasteiger partial charge in [-0.1, -0.05) is 19.3 Å². The molecule has 2 rings (SSSR count). The van der Waals surface area contributed by atoms with E-state index in [2.05, 4.69) is 10.6 Å². The summed E-state index contributed by atoms with van der Waals surface area (Å²) >= 11 is 0. The number of sulfonamides is 1. The van der Waals surface area contributed by atoms with Gasteiger partial charge in [-0.3, -0.25) is 0 Å². The summed E-state index contributed by atoms with van der Waals surface area (Å²) in [5.74, 6) is 0. The number of rotatable bonds is 7. The SMILES string of the molecule is CS(=O)(=O)N(CCNC(=O)NC1CCCCC1)CC1CCCO1. The van der Waals surface area contributed by atoms with E-state index in [1.54, 1.807) is 0 Å². The molecule has 8 heteroatoms. The number of nitrogens with zero attached hydrogens (tertiary/aromatic N) is 1. The minimum absolute atomic E-state index is 0.0270. The van der Waals surface area contributed by atoms with Crippen LogP contribution in [-0.2, 0) is 14.8 Å². The molecule has 1 saturated carbocycles. The highest BCUT2D eigenvalue weighted by molar-refractivity contribution is 7.88. The van der Waals surface area contributed by atoms with E-state index in [1.807, 2.05) is 0 Å². The van der Waals surface area contributed by atoms with E-state index in [1.165, 1.54) is 17.0 Å². The van der Waals surface area contributed by atoms with Gasteiger partial charge >= 0.3 is 6.03 Å². The Morgan fingerprint density at radius 3 is 2.52 bits per heavy atom. The van der Waals surface area contributed by atoms with Crippen LogP contribution < -0.4 is 10.6 Å². The molecule has 1 aliphatic heterocycles. The summed E-state index contributed by atoms with van der Waals surface area (Å²) in [6.07, 6.45) is 8.66. The Labute approximate surface area is 139 Å². The molecule has 2 fully saturated rings. The molecule has 2 aliphatic rings. The molecule has 1 saturated heterocycles. The Balaban J connectivity index is 1.71. The van der Waals surface area contributed by atoms with Crippen molar-refractivity contribution in [3.05, 3.63) is 0 Å². The van der Waals surface area contributed by atoms with Crippen molar-refractivity contribution >= 4 is 16.1 Å². The third-order valence-corrected chi connectivity index (χ3v) is 5.76. The van der Waals surface area contributed by atoms with Crippen LogP contribution in [0.1, 0.15) is 44.9 Å². The van der Waals surface area contributed by atoms with E-state index in [4.69, 9.17) is 4.74 Å². The van der Waals surface area contributed by atoms with Crippen LogP contribution in [0.15, 0.2) is 0 Å². The van der Waals surface area contributed by atoms with E-state index >= 15 is 0 Å². The molecule has 2 N–H and O–H groups in total. The zero-order valence-electron chi connectivity index (χ0n) is 13.9. The molecule has 1 unspecified atom stereocenters. The van der Waals surface area contributed by atoms with E-state index in [9.17, 15) is 13.2 Å². The lowest BCUT2D eigenvalue weighted by atomic mass is 9.96. The van der Waals surface area contributed by atoms with Gasteiger partial charge in [0, 0.05) is 32.3 Å². The van der Waals surface area contributed by atoms with Crippen LogP contribution in [0, 0.1) is 0 Å². The fraction of sp³-hybridized carbons (Fsp3) is 0.933. The standard InChI is InChI=1S/C15H29N3O4S/c1-23(20,21)18(12-14-8-5-11-22-14)10-9-16-15(19)17-13-6-3-2-4-7-13/h13-14H,2-12H2,1H3,(H2,16,17,19). The van der Waals surface area contributed by atoms with Crippen molar-refractivity contribution in [2.45, 2.75) is 57.1 Å². The van der Waals surface area contributed by atoms with Gasteiger partial charge in [-0.15, -0.1) is 0 Å². The van der Waals surface area contributed by atoms with Gasteiger partial charge in [0.25, 0.3) is 0 Å². The van der Waals surface area contributed by atoms with Crippen molar-refractivity contribution in [1.82, 2.24) is 14.9 Å². The number of ether oxygens (including phenoxy) is 1. The van der Waals surface area contributed by atoms with Crippen LogP contribution >= 0.6 is 0 Å². The second kappa shape index (κ2) is 8.84. The maximum absolute atomic E-state index is 11.9. The van der Waals surface area contributed by atoms with E-state index in [0.29, 0.717) is 19.7 Å². The number of nitrogens with one attached hydrogen (secondary N) is 2. The molecule has 0 aromatic heterocycles. The number of hydrogen-bond acceptors (Lipinski definition) is 4. The Morgan fingerprint density at radius 1 is 1.17 bits per heavy atom. The molecule has 0 aromatic carbocycles. The molecular formula is C15H29N3O4S. The average Bonchev–Trinajstić information content (AvgIpc) is 2.99. The molecule has 1 aliphatic carbocycles. The van der Waals surface area contributed by atoms with Gasteiger partial charge in [0.1, 0.15) is 0 Å². The van der Waals surface area contributed by atoms with Gasteiger partial charge in [-0.2, -0.15) is 4.31 Å². The number of carbonyl (C=O) groups is 1. The second-order valence-corrected chi connectivity index (χ2v) is 8.47. The van der Waals surface area contributed by atoms with Crippen molar-refractivity contribution in [2.24, 2.45) is 0 Å². The van der Waals surface area contributed by atoms with Gasteiger partial charge < -0.3 is 15.4 Å². The minimum atomic E-state index is -3.30. The molecule has 23 heavy (non-hydrogen) atoms. The third kappa shape index (κ3) is 6.64. The Kier molecular flexibility index (Phi) is 7.10. The van der Waals surface area contributed by atoms with Crippen molar-refractivity contribution in [3.8, 4) is 0 Å². The van der Waals surface area contributed by atoms with Crippen LogP contribution in [-0.4, -0.2) is 63.4 Å². The summed E-state index contributed by atoms with van der Waals surface area (Å²) in [6.45, 7) is 1.64. The topological polar surface area (TPSA) is 87.7 Å². The lowest BCUT2D eigenvalue weighted by Gasteiger charge is -2.25. The first kappa shape index (κ1) is 18.5. The van der Waals surface area contributed by atoms with Gasteiger partial charge in [-0.05, 0) is 25.7 Å². The first-order valence-corrected chi connectivity index (χ1v) is 10.4. The zero-order valence-corrected chi connectivity index (χ0v) is 14.7. The molecule has 1 heterocycles. The Bertz CT molecular complexity index is 471. The summed E-state index contributed by atoms with van der Waals surface area (Å²) in [5.41, 5.74) is 0. The highest BCUT2D eigenvalue weighted by atomic mass is 32.2. The lowest BCUT2D eigenvalue weighted by Crippen LogP contribution is -2.46. The minimum Gasteiger partial charge on any atom is -0.377 e. The Hall–Kier alpha value is -0.860. The van der Waals surface area contributed by atoms with Gasteiger partial charge in [0.05, 0.1) is 12.4 Å². The molecule has 0 spiro atoms. The molecule has 0 radical (unpaired) electrons. The highest BCUT2D eigenvalue weighted by Crippen LogP contribution is 2.17. The first-order chi connectivity index (χ1) is 10.9. The largest absolute Gasteiger partial charge is 0.377 e. The number of carbonyl (C=O) groups excluding carboxylic acids is 1. The molecule has 0 aromatic rings. The zero-order chi connectivity index (χ0) is 16.7. The first-order valence-electron chi connectivity index (χ1n) is 8.56. The van der Waals surface area contributed by atoms with Crippen molar-refractivity contribution < 1.29 is 17.9 Å². The maximum atomic E-state index is 11.9. The van der Waals surface area contributed by atoms with Gasteiger partial charge in [-0.25, -0.2) is 13.2 Å². The predicted octanol–water partition coefficient (Wildman–Crippen LogP) is 1.06. The van der Waals surface area contributed by atoms with Crippen molar-refractivity contribution in [3.63, 3.8) is 0 Å². The monoisotopic (exact) mass is 347 g/mol. The molecule has 0 bridgehead atoms. The van der Waals surface area contributed by atoms with Crippen LogP contribution in [0.5, 0.6) is 0 Å². The average molecular weight is 347 g/mol. The Morgan fingerprint density at radius 2 is 1.91 bits per heavy atom. The van der Waals surface area contributed by atoms with Crippen LogP contribution in [0.2, 0.25) is 0 Å². The second-order valence-electron chi connectivity index (χ2n) is 6.49. The van der Waals surface area contributed by atoms with Gasteiger partial charge in [0.15, 0.2) is 0 Å². The smallest absolute Gasteiger partial charge is 0.315 e. The quantitative estimate of drug-likeness (QED) is 0.721. The third-order valence-electron chi connectivity index (χ3n) is 4.49. The summed E-state index contributed by atoms with van der Waals surface area (Å²) < 4.78 is 30.6. The van der Waals surface area contributed by atoms with E-state index in [0.717, 1.165) is 38.5 Å². The molecule has 2 amide bonds. The lowest BCUT2D eigenvalue weighted by molar-refractivity contribution is 0.0941. The van der Waals surface area contributed by atoms with Crippen LogP contribution in [0.25, 0.3) is 0 Å². The molecule has 134 valence electrons. The van der Waals surface area contributed by atoms with Gasteiger partial charge in [0.2, 0.25) is 10.0 Å². The van der Waals surface area contributed by atoms with Crippen LogP contribution in [0.4, 0.5) is 4.79 Å². The molecular weight excluding hydrogens is 318 g/mol. The summed E-state index contributed by atoms with van der Waals surface area (Å²) in [6, 6.07) is 0.0455. The van der Waals surface area contributed by atoms with Crippen molar-refractivity contribution in [2.75, 3.05) is 32.5 Å². The fourth-order valence-electron chi connectivity index (χ4n) is 3.19. The van der Waals surface area contributed by atoms with Crippen LogP contribution in [0.3, 0.4) is 0 Å². The molecule has 1 atom stereocenters. The fourth-order valence-corrected chi connectivity index (χ4v) is 4.05. The summed E-state index contributed by atoms with van der Waals surface area (Å²) in [7, 11) is -3.30. The van der Waals surface area contributed by atoms with E-state index in [-0.39, 0.29) is 24.7 Å². The summed E-state index contributed by atoms with van der Waals surface area (Å²) in [4.78, 5) is 11.9. The number of amides is 2. The predicted molar refractivity (Wildman–Crippen MR) is 88.8 cm³/mol. The number of hydrogen-bond donors (Lipinski definition) is 2. The highest BCUT2D eigenvalue weighted by Gasteiger charge is 2.24. The van der Waals surface area contributed by atoms with E-state index < -0.39 is 10.0 Å². The summed E-state index contributed by atoms with van der Waals surface area (Å²) in [5, 5.41) is 5.72. The molecule has 7 nitrogen and oxygen atoms in total. The number of urea groups is 1.